The summed E-state index contributed by atoms with van der Waals surface area (Å²) < 4.78 is 21.2. The third-order valence-corrected chi connectivity index (χ3v) is 5.05. The summed E-state index contributed by atoms with van der Waals surface area (Å²) in [6, 6.07) is 8.78. The van der Waals surface area contributed by atoms with Gasteiger partial charge in [-0.3, -0.25) is 4.98 Å². The maximum atomic E-state index is 13.9. The Hall–Kier alpha value is -2.89. The molecular formula is C20H22ClFN6O. The number of rotatable bonds is 4. The summed E-state index contributed by atoms with van der Waals surface area (Å²) in [5.74, 6) is 1.46. The van der Waals surface area contributed by atoms with Crippen LogP contribution >= 0.6 is 12.4 Å². The molecule has 4 rings (SSSR count). The van der Waals surface area contributed by atoms with Crippen LogP contribution in [0.4, 0.5) is 16.0 Å². The van der Waals surface area contributed by atoms with Crippen LogP contribution in [0, 0.1) is 6.57 Å². The molecule has 2 N–H and O–H groups in total. The lowest BCUT2D eigenvalue weighted by Gasteiger charge is -2.34. The number of hydrogen-bond acceptors (Lipinski definition) is 5. The van der Waals surface area contributed by atoms with E-state index in [1.165, 1.54) is 0 Å². The summed E-state index contributed by atoms with van der Waals surface area (Å²) in [5.41, 5.74) is 9.01. The lowest BCUT2D eigenvalue weighted by atomic mass is 10.1. The fourth-order valence-electron chi connectivity index (χ4n) is 3.49. The zero-order valence-corrected chi connectivity index (χ0v) is 16.8. The highest BCUT2D eigenvalue weighted by molar-refractivity contribution is 5.85. The van der Waals surface area contributed by atoms with Crippen molar-refractivity contribution in [2.75, 3.05) is 25.1 Å². The van der Waals surface area contributed by atoms with E-state index < -0.39 is 12.2 Å². The first-order chi connectivity index (χ1) is 13.6. The second-order valence-corrected chi connectivity index (χ2v) is 6.89. The van der Waals surface area contributed by atoms with Crippen LogP contribution in [0.5, 0.6) is 5.75 Å². The molecule has 1 aliphatic rings. The van der Waals surface area contributed by atoms with E-state index >= 15 is 0 Å². The monoisotopic (exact) mass is 416 g/mol. The number of fused-ring (bicyclic) bond motifs is 1. The fraction of sp³-hybridized carbons (Fsp3) is 0.350. The van der Waals surface area contributed by atoms with E-state index in [1.54, 1.807) is 19.4 Å². The average Bonchev–Trinajstić information content (AvgIpc) is 3.08. The van der Waals surface area contributed by atoms with Crippen LogP contribution in [-0.4, -0.2) is 46.9 Å². The number of aromatic nitrogens is 3. The fourth-order valence-corrected chi connectivity index (χ4v) is 3.49. The van der Waals surface area contributed by atoms with E-state index in [1.807, 2.05) is 29.2 Å². The maximum absolute atomic E-state index is 13.9. The van der Waals surface area contributed by atoms with Gasteiger partial charge in [-0.1, -0.05) is 6.07 Å². The van der Waals surface area contributed by atoms with Gasteiger partial charge < -0.3 is 19.9 Å². The van der Waals surface area contributed by atoms with Gasteiger partial charge in [0.1, 0.15) is 11.9 Å². The van der Waals surface area contributed by atoms with Crippen LogP contribution in [-0.2, 0) is 6.54 Å². The lowest BCUT2D eigenvalue weighted by Crippen LogP contribution is -2.50. The number of halogens is 2. The summed E-state index contributed by atoms with van der Waals surface area (Å²) in [6.07, 6.45) is 0.956. The number of piperidine rings is 1. The van der Waals surface area contributed by atoms with Crippen LogP contribution in [0.2, 0.25) is 0 Å². The minimum atomic E-state index is -0.989. The first-order valence-corrected chi connectivity index (χ1v) is 9.10. The van der Waals surface area contributed by atoms with E-state index in [4.69, 9.17) is 22.0 Å². The van der Waals surface area contributed by atoms with E-state index in [2.05, 4.69) is 14.4 Å². The predicted molar refractivity (Wildman–Crippen MR) is 113 cm³/mol. The zero-order chi connectivity index (χ0) is 19.7. The maximum Gasteiger partial charge on any atom is 0.206 e. The largest absolute Gasteiger partial charge is 0.497 e. The second-order valence-electron chi connectivity index (χ2n) is 6.89. The van der Waals surface area contributed by atoms with Gasteiger partial charge in [0.2, 0.25) is 11.6 Å². The SMILES string of the molecule is Cl.[C-]#[N+]c1ccc(Cn2c(N3CC[C@@H](F)[C@H](N)C3)nc3cc(OC)ccc32)nc1. The Morgan fingerprint density at radius 1 is 1.34 bits per heavy atom. The highest BCUT2D eigenvalue weighted by Gasteiger charge is 2.29. The van der Waals surface area contributed by atoms with Crippen LogP contribution in [0.15, 0.2) is 36.5 Å². The molecular weight excluding hydrogens is 395 g/mol. The molecule has 0 spiro atoms. The molecule has 9 heteroatoms. The van der Waals surface area contributed by atoms with Crippen molar-refractivity contribution in [1.82, 2.24) is 14.5 Å². The summed E-state index contributed by atoms with van der Waals surface area (Å²) in [6.45, 7) is 8.52. The van der Waals surface area contributed by atoms with E-state index in [0.717, 1.165) is 28.4 Å². The van der Waals surface area contributed by atoms with Crippen molar-refractivity contribution in [1.29, 1.82) is 0 Å². The highest BCUT2D eigenvalue weighted by Crippen LogP contribution is 2.29. The molecule has 0 amide bonds. The quantitative estimate of drug-likeness (QED) is 0.660. The van der Waals surface area contributed by atoms with Crippen molar-refractivity contribution < 1.29 is 9.13 Å². The summed E-state index contributed by atoms with van der Waals surface area (Å²) in [7, 11) is 1.62. The third kappa shape index (κ3) is 4.11. The van der Waals surface area contributed by atoms with Gasteiger partial charge in [-0.25, -0.2) is 14.2 Å². The third-order valence-electron chi connectivity index (χ3n) is 5.05. The Bertz CT molecular complexity index is 1030. The van der Waals surface area contributed by atoms with Gasteiger partial charge in [-0.2, -0.15) is 0 Å². The normalized spacial score (nSPS) is 18.9. The van der Waals surface area contributed by atoms with Crippen LogP contribution in [0.3, 0.4) is 0 Å². The summed E-state index contributed by atoms with van der Waals surface area (Å²) in [4.78, 5) is 14.6. The number of nitrogens with two attached hydrogens (primary N) is 1. The predicted octanol–water partition coefficient (Wildman–Crippen LogP) is 3.34. The van der Waals surface area contributed by atoms with E-state index in [9.17, 15) is 4.39 Å². The van der Waals surface area contributed by atoms with Crippen molar-refractivity contribution >= 4 is 35.1 Å². The zero-order valence-electron chi connectivity index (χ0n) is 16.0. The Morgan fingerprint density at radius 2 is 2.17 bits per heavy atom. The van der Waals surface area contributed by atoms with Gasteiger partial charge in [0.25, 0.3) is 0 Å². The molecule has 1 aromatic carbocycles. The van der Waals surface area contributed by atoms with Crippen molar-refractivity contribution in [3.63, 3.8) is 0 Å². The molecule has 1 saturated heterocycles. The first-order valence-electron chi connectivity index (χ1n) is 9.10. The van der Waals surface area contributed by atoms with Gasteiger partial charge >= 0.3 is 0 Å². The molecule has 0 radical (unpaired) electrons. The Labute approximate surface area is 174 Å². The Kier molecular flexibility index (Phi) is 6.20. The summed E-state index contributed by atoms with van der Waals surface area (Å²) in [5, 5.41) is 0. The number of hydrogen-bond donors (Lipinski definition) is 1. The van der Waals surface area contributed by atoms with Crippen molar-refractivity contribution in [3.8, 4) is 5.75 Å². The molecule has 1 fully saturated rings. The van der Waals surface area contributed by atoms with Crippen LogP contribution < -0.4 is 15.4 Å². The molecule has 2 atom stereocenters. The number of ether oxygens (including phenoxy) is 1. The number of benzene rings is 1. The van der Waals surface area contributed by atoms with Crippen molar-refractivity contribution in [3.05, 3.63) is 53.6 Å². The molecule has 29 heavy (non-hydrogen) atoms. The number of anilines is 1. The van der Waals surface area contributed by atoms with E-state index in [-0.39, 0.29) is 12.4 Å². The molecule has 0 saturated carbocycles. The minimum absolute atomic E-state index is 0. The molecule has 3 heterocycles. The topological polar surface area (TPSA) is 73.6 Å². The lowest BCUT2D eigenvalue weighted by molar-refractivity contribution is 0.243. The van der Waals surface area contributed by atoms with Gasteiger partial charge in [0.15, 0.2) is 0 Å². The number of pyridine rings is 1. The van der Waals surface area contributed by atoms with Crippen LogP contribution in [0.25, 0.3) is 15.9 Å². The molecule has 7 nitrogen and oxygen atoms in total. The van der Waals surface area contributed by atoms with E-state index in [0.29, 0.717) is 31.7 Å². The second kappa shape index (κ2) is 8.64. The molecule has 0 unspecified atom stereocenters. The van der Waals surface area contributed by atoms with Crippen molar-refractivity contribution in [2.24, 2.45) is 5.73 Å². The average molecular weight is 417 g/mol. The molecule has 3 aromatic rings. The van der Waals surface area contributed by atoms with Gasteiger partial charge in [0, 0.05) is 25.4 Å². The van der Waals surface area contributed by atoms with Crippen LogP contribution in [0.1, 0.15) is 12.1 Å². The standard InChI is InChI=1S/C20H21FN6O.ClH/c1-23-13-3-4-14(24-10-13)11-27-19-6-5-15(28-2)9-18(19)25-20(27)26-8-7-16(21)17(22)12-26;/h3-6,9-10,16-17H,7-8,11-12,22H2,2H3;1H/t16-,17-;/m1./s1. The minimum Gasteiger partial charge on any atom is -0.497 e. The Balaban J connectivity index is 0.00000240. The molecule has 152 valence electrons. The molecule has 0 aliphatic carbocycles. The van der Waals surface area contributed by atoms with Gasteiger partial charge in [-0.05, 0) is 24.6 Å². The number of methoxy groups -OCH3 is 1. The molecule has 2 aromatic heterocycles. The van der Waals surface area contributed by atoms with Crippen molar-refractivity contribution in [2.45, 2.75) is 25.2 Å². The van der Waals surface area contributed by atoms with Gasteiger partial charge in [-0.15, -0.1) is 12.4 Å². The highest BCUT2D eigenvalue weighted by atomic mass is 35.5. The molecule has 1 aliphatic heterocycles. The number of alkyl halides is 1. The first kappa shape index (κ1) is 20.8. The number of nitrogens with zero attached hydrogens (tertiary/aromatic N) is 5. The number of imidazole rings is 1. The smallest absolute Gasteiger partial charge is 0.206 e. The van der Waals surface area contributed by atoms with Gasteiger partial charge in [0.05, 0.1) is 43.0 Å². The Morgan fingerprint density at radius 3 is 2.83 bits per heavy atom. The summed E-state index contributed by atoms with van der Waals surface area (Å²) >= 11 is 0. The molecule has 0 bridgehead atoms.